The fraction of sp³-hybridized carbons (Fsp3) is 0.500. The summed E-state index contributed by atoms with van der Waals surface area (Å²) in [7, 11) is 14.7. The topological polar surface area (TPSA) is 37.3 Å². The third-order valence-electron chi connectivity index (χ3n) is 0.243. The number of carbonyl (C=O) groups is 1. The molecule has 71 valence electrons. The van der Waals surface area contributed by atoms with E-state index in [1.165, 1.54) is 0 Å². The average molecular weight is 326 g/mol. The zero-order valence-corrected chi connectivity index (χ0v) is 10.1. The molecule has 0 spiro atoms. The first kappa shape index (κ1) is 15.2. The van der Waals surface area contributed by atoms with E-state index >= 15 is 0 Å². The summed E-state index contributed by atoms with van der Waals surface area (Å²) in [6.45, 7) is 0. The fourth-order valence-electron chi connectivity index (χ4n) is 0. The van der Waals surface area contributed by atoms with Crippen molar-refractivity contribution in [2.24, 2.45) is 0 Å². The van der Waals surface area contributed by atoms with Crippen molar-refractivity contribution >= 4 is 71.1 Å². The van der Waals surface area contributed by atoms with Crippen molar-refractivity contribution in [3.8, 4) is 0 Å². The summed E-state index contributed by atoms with van der Waals surface area (Å²) < 4.78 is -2.17. The molecule has 1 N–H and O–H groups in total. The zero-order chi connectivity index (χ0) is 9.65. The predicted molar refractivity (Wildman–Crippen MR) is 45.5 cm³/mol. The minimum absolute atomic E-state index is 1.33. The first-order chi connectivity index (χ1) is 4.68. The van der Waals surface area contributed by atoms with Crippen molar-refractivity contribution in [2.75, 3.05) is 0 Å². The van der Waals surface area contributed by atoms with E-state index in [-0.39, 0.29) is 0 Å². The Hall–Kier alpha value is 1.73. The molecule has 2 nitrogen and oxygen atoms in total. The third-order valence-corrected chi connectivity index (χ3v) is 0.728. The summed E-state index contributed by atoms with van der Waals surface area (Å²) in [5.41, 5.74) is 0. The molecule has 0 aliphatic carbocycles. The summed E-state index contributed by atoms with van der Waals surface area (Å²) in [5.74, 6) is -1.46. The Morgan fingerprint density at radius 3 is 1.27 bits per heavy atom. The van der Waals surface area contributed by atoms with Gasteiger partial charge in [0.25, 0.3) is 3.79 Å². The van der Waals surface area contributed by atoms with Crippen LogP contribution in [-0.4, -0.2) is 14.9 Å². The molecule has 0 aromatic carbocycles. The molecular formula is C2HCl6FeO2. The van der Waals surface area contributed by atoms with E-state index in [0.29, 0.717) is 0 Å². The summed E-state index contributed by atoms with van der Waals surface area (Å²) >= 11 is 13.1. The van der Waals surface area contributed by atoms with Crippen molar-refractivity contribution < 1.29 is 21.1 Å². The standard InChI is InChI=1S/C2HCl3O2.3ClH.Fe/c3-2(4,5)1(6)7;;;;/h(H,6,7);3*1H;/q;;;;+3/p-3. The van der Waals surface area contributed by atoms with Crippen molar-refractivity contribution in [3.05, 3.63) is 0 Å². The first-order valence-electron chi connectivity index (χ1n) is 1.65. The summed E-state index contributed by atoms with van der Waals surface area (Å²) in [6, 6.07) is 0. The van der Waals surface area contributed by atoms with E-state index in [2.05, 4.69) is 0 Å². The molecule has 0 aliphatic rings. The number of halogens is 6. The van der Waals surface area contributed by atoms with Gasteiger partial charge in [0.1, 0.15) is 0 Å². The molecule has 0 amide bonds. The number of rotatable bonds is 0. The van der Waals surface area contributed by atoms with Crippen LogP contribution in [0.4, 0.5) is 0 Å². The van der Waals surface area contributed by atoms with Crippen LogP contribution in [0, 0.1) is 0 Å². The van der Waals surface area contributed by atoms with E-state index in [1.807, 2.05) is 0 Å². The van der Waals surface area contributed by atoms with Gasteiger partial charge in [-0.2, -0.15) is 0 Å². The molecule has 0 aromatic rings. The number of hydrogen-bond acceptors (Lipinski definition) is 1. The SMILES string of the molecule is O=C(O)C(Cl)(Cl)Cl.[Cl][Fe]([Cl])[Cl]. The maximum atomic E-state index is 9.62. The van der Waals surface area contributed by atoms with Gasteiger partial charge in [0.15, 0.2) is 0 Å². The number of carboxylic acids is 1. The van der Waals surface area contributed by atoms with Crippen LogP contribution in [0.3, 0.4) is 0 Å². The number of alkyl halides is 3. The van der Waals surface area contributed by atoms with E-state index < -0.39 is 20.9 Å². The van der Waals surface area contributed by atoms with Gasteiger partial charge in [0.05, 0.1) is 0 Å². The Kier molecular flexibility index (Phi) is 9.91. The molecule has 0 aromatic heterocycles. The van der Waals surface area contributed by atoms with Crippen molar-refractivity contribution in [2.45, 2.75) is 3.79 Å². The molecule has 9 heteroatoms. The van der Waals surface area contributed by atoms with Crippen molar-refractivity contribution in [3.63, 3.8) is 0 Å². The van der Waals surface area contributed by atoms with Gasteiger partial charge in [-0.1, -0.05) is 34.8 Å². The summed E-state index contributed by atoms with van der Waals surface area (Å²) in [6.07, 6.45) is 0. The molecular weight excluding hydrogens is 325 g/mol. The Morgan fingerprint density at radius 1 is 1.18 bits per heavy atom. The van der Waals surface area contributed by atoms with Gasteiger partial charge in [-0.05, 0) is 0 Å². The van der Waals surface area contributed by atoms with Crippen LogP contribution in [0.1, 0.15) is 0 Å². The first-order valence-corrected chi connectivity index (χ1v) is 7.34. The molecule has 0 saturated carbocycles. The fourth-order valence-corrected chi connectivity index (χ4v) is 0. The number of aliphatic carboxylic acids is 1. The van der Waals surface area contributed by atoms with Crippen LogP contribution in [0.15, 0.2) is 0 Å². The monoisotopic (exact) mass is 323 g/mol. The van der Waals surface area contributed by atoms with Crippen molar-refractivity contribution in [1.82, 2.24) is 0 Å². The molecule has 0 fully saturated rings. The predicted octanol–water partition coefficient (Wildman–Crippen LogP) is 3.51. The Labute approximate surface area is 95.2 Å². The zero-order valence-electron chi connectivity index (χ0n) is 4.48. The second kappa shape index (κ2) is 7.16. The summed E-state index contributed by atoms with van der Waals surface area (Å²) in [4.78, 5) is 9.62. The van der Waals surface area contributed by atoms with Crippen LogP contribution in [0.2, 0.25) is 0 Å². The second-order valence-electron chi connectivity index (χ2n) is 0.954. The quantitative estimate of drug-likeness (QED) is 0.547. The molecule has 0 radical (unpaired) electrons. The Balaban J connectivity index is 0. The van der Waals surface area contributed by atoms with Gasteiger partial charge in [0.2, 0.25) is 0 Å². The molecule has 0 heterocycles. The molecule has 0 bridgehead atoms. The van der Waals surface area contributed by atoms with Crippen LogP contribution < -0.4 is 0 Å². The number of carboxylic acid groups (broad SMARTS) is 1. The Morgan fingerprint density at radius 2 is 1.27 bits per heavy atom. The van der Waals surface area contributed by atoms with Gasteiger partial charge < -0.3 is 5.11 Å². The van der Waals surface area contributed by atoms with Crippen LogP contribution in [0.5, 0.6) is 0 Å². The number of hydrogen-bond donors (Lipinski definition) is 1. The van der Waals surface area contributed by atoms with E-state index in [9.17, 15) is 4.79 Å². The normalized spacial score (nSPS) is 11.3. The maximum absolute atomic E-state index is 9.62. The van der Waals surface area contributed by atoms with Gasteiger partial charge in [-0.15, -0.1) is 0 Å². The molecule has 0 saturated heterocycles. The van der Waals surface area contributed by atoms with Gasteiger partial charge in [-0.3, -0.25) is 0 Å². The average Bonchev–Trinajstić information content (AvgIpc) is 1.59. The van der Waals surface area contributed by atoms with Gasteiger partial charge in [0, 0.05) is 0 Å². The summed E-state index contributed by atoms with van der Waals surface area (Å²) in [5, 5.41) is 7.85. The van der Waals surface area contributed by atoms with Crippen LogP contribution in [-0.2, 0) is 16.0 Å². The second-order valence-corrected chi connectivity index (χ2v) is 8.71. The van der Waals surface area contributed by atoms with E-state index in [1.54, 1.807) is 0 Å². The minimum atomic E-state index is -2.17. The molecule has 0 unspecified atom stereocenters. The van der Waals surface area contributed by atoms with Crippen LogP contribution >= 0.6 is 65.1 Å². The molecule has 0 rings (SSSR count). The van der Waals surface area contributed by atoms with Gasteiger partial charge in [-0.25, -0.2) is 4.79 Å². The molecule has 0 atom stereocenters. The molecule has 0 aliphatic heterocycles. The Bertz CT molecular complexity index is 117. The third kappa shape index (κ3) is 18.6. The molecule has 11 heavy (non-hydrogen) atoms. The van der Waals surface area contributed by atoms with Crippen LogP contribution in [0.25, 0.3) is 0 Å². The van der Waals surface area contributed by atoms with Crippen molar-refractivity contribution in [1.29, 1.82) is 0 Å². The van der Waals surface area contributed by atoms with Gasteiger partial charge >= 0.3 is 47.4 Å². The van der Waals surface area contributed by atoms with E-state index in [0.717, 1.165) is 0 Å². The van der Waals surface area contributed by atoms with E-state index in [4.69, 9.17) is 70.2 Å².